The smallest absolute Gasteiger partial charge is 0.306 e. The first-order valence-electron chi connectivity index (χ1n) is 9.04. The first kappa shape index (κ1) is 20.5. The first-order valence-corrected chi connectivity index (χ1v) is 9.04. The Bertz CT molecular complexity index is 814. The Morgan fingerprint density at radius 2 is 1.96 bits per heavy atom. The zero-order valence-corrected chi connectivity index (χ0v) is 16.5. The van der Waals surface area contributed by atoms with Gasteiger partial charge in [0.25, 0.3) is 5.91 Å². The monoisotopic (exact) mass is 373 g/mol. The van der Waals surface area contributed by atoms with Crippen LogP contribution >= 0.6 is 0 Å². The molecule has 7 heteroatoms. The largest absolute Gasteiger partial charge is 0.494 e. The van der Waals surface area contributed by atoms with Crippen LogP contribution in [0.15, 0.2) is 24.3 Å². The Kier molecular flexibility index (Phi) is 6.98. The van der Waals surface area contributed by atoms with Crippen molar-refractivity contribution in [1.82, 2.24) is 9.78 Å². The molecule has 0 aliphatic carbocycles. The molecule has 1 atom stereocenters. The molecule has 0 aliphatic rings. The quantitative estimate of drug-likeness (QED) is 0.720. The Morgan fingerprint density at radius 1 is 1.26 bits per heavy atom. The van der Waals surface area contributed by atoms with Crippen molar-refractivity contribution in [2.75, 3.05) is 11.9 Å². The fourth-order valence-corrected chi connectivity index (χ4v) is 2.73. The van der Waals surface area contributed by atoms with Crippen LogP contribution in [0.5, 0.6) is 5.75 Å². The maximum absolute atomic E-state index is 12.3. The number of carbonyl (C=O) groups excluding carboxylic acids is 2. The van der Waals surface area contributed by atoms with Crippen LogP contribution in [0.25, 0.3) is 0 Å². The van der Waals surface area contributed by atoms with Crippen molar-refractivity contribution < 1.29 is 19.1 Å². The summed E-state index contributed by atoms with van der Waals surface area (Å²) in [5.74, 6) is -0.0398. The number of benzene rings is 1. The first-order chi connectivity index (χ1) is 12.8. The summed E-state index contributed by atoms with van der Waals surface area (Å²) in [6.07, 6.45) is -0.227. The molecule has 0 unspecified atom stereocenters. The van der Waals surface area contributed by atoms with Crippen LogP contribution in [0.1, 0.15) is 37.2 Å². The van der Waals surface area contributed by atoms with Crippen molar-refractivity contribution in [3.8, 4) is 5.75 Å². The van der Waals surface area contributed by atoms with E-state index >= 15 is 0 Å². The standard InChI is InChI=1S/C20H27N3O4/c1-6-26-17-10-8-7-9-16(17)11-12-18(24)27-15(4)20(25)21-19-13(2)22-23(5)14(19)3/h7-10,15H,6,11-12H2,1-5H3,(H,21,25)/t15-/m1/s1. The molecule has 27 heavy (non-hydrogen) atoms. The minimum absolute atomic E-state index is 0.173. The second kappa shape index (κ2) is 9.21. The number of nitrogens with one attached hydrogen (secondary N) is 1. The van der Waals surface area contributed by atoms with Crippen molar-refractivity contribution >= 4 is 17.6 Å². The van der Waals surface area contributed by atoms with Gasteiger partial charge in [-0.1, -0.05) is 18.2 Å². The number of aryl methyl sites for hydroxylation is 3. The molecule has 0 bridgehead atoms. The van der Waals surface area contributed by atoms with E-state index in [2.05, 4.69) is 10.4 Å². The second-order valence-electron chi connectivity index (χ2n) is 6.33. The van der Waals surface area contributed by atoms with E-state index in [0.29, 0.717) is 18.7 Å². The minimum Gasteiger partial charge on any atom is -0.494 e. The molecule has 0 spiro atoms. The lowest BCUT2D eigenvalue weighted by Crippen LogP contribution is -2.30. The number of hydrogen-bond donors (Lipinski definition) is 1. The van der Waals surface area contributed by atoms with Crippen molar-refractivity contribution in [2.45, 2.75) is 46.6 Å². The third-order valence-corrected chi connectivity index (χ3v) is 4.31. The van der Waals surface area contributed by atoms with Gasteiger partial charge in [0.05, 0.1) is 23.7 Å². The molecule has 1 aromatic carbocycles. The lowest BCUT2D eigenvalue weighted by Gasteiger charge is -2.14. The summed E-state index contributed by atoms with van der Waals surface area (Å²) in [4.78, 5) is 24.5. The van der Waals surface area contributed by atoms with Crippen LogP contribution in [0.4, 0.5) is 5.69 Å². The maximum atomic E-state index is 12.3. The molecule has 0 fully saturated rings. The fraction of sp³-hybridized carbons (Fsp3) is 0.450. The van der Waals surface area contributed by atoms with E-state index in [1.165, 1.54) is 0 Å². The Balaban J connectivity index is 1.89. The summed E-state index contributed by atoms with van der Waals surface area (Å²) in [5.41, 5.74) is 3.15. The van der Waals surface area contributed by atoms with Crippen molar-refractivity contribution in [3.05, 3.63) is 41.2 Å². The molecule has 7 nitrogen and oxygen atoms in total. The summed E-state index contributed by atoms with van der Waals surface area (Å²) >= 11 is 0. The number of esters is 1. The Hall–Kier alpha value is -2.83. The number of ether oxygens (including phenoxy) is 2. The highest BCUT2D eigenvalue weighted by atomic mass is 16.5. The number of rotatable bonds is 8. The van der Waals surface area contributed by atoms with Crippen molar-refractivity contribution in [3.63, 3.8) is 0 Å². The van der Waals surface area contributed by atoms with E-state index in [0.717, 1.165) is 22.7 Å². The van der Waals surface area contributed by atoms with E-state index in [1.807, 2.05) is 52.1 Å². The number of aromatic nitrogens is 2. The van der Waals surface area contributed by atoms with Gasteiger partial charge in [0.15, 0.2) is 6.10 Å². The van der Waals surface area contributed by atoms with Crippen LogP contribution < -0.4 is 10.1 Å². The van der Waals surface area contributed by atoms with E-state index in [1.54, 1.807) is 11.6 Å². The van der Waals surface area contributed by atoms with Gasteiger partial charge < -0.3 is 14.8 Å². The molecular weight excluding hydrogens is 346 g/mol. The number of carbonyl (C=O) groups is 2. The third kappa shape index (κ3) is 5.32. The molecule has 1 N–H and O–H groups in total. The van der Waals surface area contributed by atoms with Crippen LogP contribution in [0.3, 0.4) is 0 Å². The van der Waals surface area contributed by atoms with Crippen LogP contribution in [0.2, 0.25) is 0 Å². The predicted molar refractivity (Wildman–Crippen MR) is 103 cm³/mol. The summed E-state index contributed by atoms with van der Waals surface area (Å²) in [7, 11) is 1.81. The molecule has 1 heterocycles. The average Bonchev–Trinajstić information content (AvgIpc) is 2.87. The molecule has 0 aliphatic heterocycles. The molecule has 0 saturated carbocycles. The summed E-state index contributed by atoms with van der Waals surface area (Å²) in [6, 6.07) is 7.58. The minimum atomic E-state index is -0.890. The Labute approximate surface area is 159 Å². The highest BCUT2D eigenvalue weighted by Crippen LogP contribution is 2.20. The second-order valence-corrected chi connectivity index (χ2v) is 6.33. The van der Waals surface area contributed by atoms with Crippen LogP contribution in [-0.4, -0.2) is 34.4 Å². The van der Waals surface area contributed by atoms with Gasteiger partial charge in [-0.3, -0.25) is 14.3 Å². The number of hydrogen-bond acceptors (Lipinski definition) is 5. The predicted octanol–water partition coefficient (Wildman–Crippen LogP) is 2.94. The molecule has 0 saturated heterocycles. The topological polar surface area (TPSA) is 82.4 Å². The SMILES string of the molecule is CCOc1ccccc1CCC(=O)O[C@H](C)C(=O)Nc1c(C)nn(C)c1C. The fourth-order valence-electron chi connectivity index (χ4n) is 2.73. The normalized spacial score (nSPS) is 11.7. The van der Waals surface area contributed by atoms with Crippen LogP contribution in [-0.2, 0) is 27.8 Å². The Morgan fingerprint density at radius 3 is 2.59 bits per heavy atom. The zero-order valence-electron chi connectivity index (χ0n) is 16.5. The van der Waals surface area contributed by atoms with Gasteiger partial charge in [-0.2, -0.15) is 5.10 Å². The highest BCUT2D eigenvalue weighted by Gasteiger charge is 2.21. The summed E-state index contributed by atoms with van der Waals surface area (Å²) in [6.45, 7) is 7.71. The zero-order chi connectivity index (χ0) is 20.0. The highest BCUT2D eigenvalue weighted by molar-refractivity contribution is 5.96. The van der Waals surface area contributed by atoms with Crippen molar-refractivity contribution in [1.29, 1.82) is 0 Å². The van der Waals surface area contributed by atoms with E-state index in [9.17, 15) is 9.59 Å². The van der Waals surface area contributed by atoms with E-state index in [-0.39, 0.29) is 12.3 Å². The molecule has 146 valence electrons. The lowest BCUT2D eigenvalue weighted by molar-refractivity contribution is -0.153. The van der Waals surface area contributed by atoms with Gasteiger partial charge in [-0.05, 0) is 45.7 Å². The molecule has 1 aromatic heterocycles. The maximum Gasteiger partial charge on any atom is 0.306 e. The van der Waals surface area contributed by atoms with Crippen LogP contribution in [0, 0.1) is 13.8 Å². The van der Waals surface area contributed by atoms with Gasteiger partial charge in [0.1, 0.15) is 5.75 Å². The number of para-hydroxylation sites is 1. The van der Waals surface area contributed by atoms with E-state index < -0.39 is 12.1 Å². The average molecular weight is 373 g/mol. The van der Waals surface area contributed by atoms with Crippen molar-refractivity contribution in [2.24, 2.45) is 7.05 Å². The summed E-state index contributed by atoms with van der Waals surface area (Å²) < 4.78 is 12.5. The van der Waals surface area contributed by atoms with Gasteiger partial charge in [0.2, 0.25) is 0 Å². The van der Waals surface area contributed by atoms with Gasteiger partial charge in [-0.25, -0.2) is 0 Å². The number of anilines is 1. The van der Waals surface area contributed by atoms with Gasteiger partial charge in [0, 0.05) is 13.5 Å². The van der Waals surface area contributed by atoms with Gasteiger partial charge >= 0.3 is 5.97 Å². The summed E-state index contributed by atoms with van der Waals surface area (Å²) in [5, 5.41) is 7.04. The molecule has 2 aromatic rings. The number of nitrogens with zero attached hydrogens (tertiary/aromatic N) is 2. The van der Waals surface area contributed by atoms with Gasteiger partial charge in [-0.15, -0.1) is 0 Å². The third-order valence-electron chi connectivity index (χ3n) is 4.31. The molecule has 1 amide bonds. The van der Waals surface area contributed by atoms with E-state index in [4.69, 9.17) is 9.47 Å². The number of amides is 1. The molecular formula is C20H27N3O4. The molecule has 0 radical (unpaired) electrons. The lowest BCUT2D eigenvalue weighted by atomic mass is 10.1. The molecule has 2 rings (SSSR count).